The summed E-state index contributed by atoms with van der Waals surface area (Å²) in [6, 6.07) is 0. The maximum Gasteiger partial charge on any atom is 0.330 e. The van der Waals surface area contributed by atoms with Crippen LogP contribution in [0.1, 0.15) is 19.8 Å². The Kier molecular flexibility index (Phi) is 5.12. The summed E-state index contributed by atoms with van der Waals surface area (Å²) in [5.74, 6) is 0.759. The van der Waals surface area contributed by atoms with Crippen LogP contribution in [0.15, 0.2) is 22.1 Å². The standard InChI is InChI=1S/C10H13ClO2S/c1-2-13-10(12)6-5-9-8(11)4-3-7-14-9/h5-6H,2-4,7H2,1H3/b6-5+. The van der Waals surface area contributed by atoms with Gasteiger partial charge in [0.05, 0.1) is 6.61 Å². The van der Waals surface area contributed by atoms with E-state index in [0.717, 1.165) is 28.5 Å². The molecule has 0 atom stereocenters. The molecule has 1 aliphatic heterocycles. The predicted molar refractivity (Wildman–Crippen MR) is 60.3 cm³/mol. The van der Waals surface area contributed by atoms with Gasteiger partial charge in [0.2, 0.25) is 0 Å². The molecule has 2 nitrogen and oxygen atoms in total. The second-order valence-electron chi connectivity index (χ2n) is 2.81. The van der Waals surface area contributed by atoms with E-state index in [2.05, 4.69) is 0 Å². The van der Waals surface area contributed by atoms with Crippen molar-refractivity contribution in [2.75, 3.05) is 12.4 Å². The second kappa shape index (κ2) is 6.14. The Hall–Kier alpha value is -0.410. The Bertz CT molecular complexity index is 271. The number of halogens is 1. The van der Waals surface area contributed by atoms with E-state index < -0.39 is 0 Å². The molecule has 0 aromatic carbocycles. The predicted octanol–water partition coefficient (Wildman–Crippen LogP) is 3.08. The molecule has 0 unspecified atom stereocenters. The molecule has 0 amide bonds. The Labute approximate surface area is 93.3 Å². The summed E-state index contributed by atoms with van der Waals surface area (Å²) in [5, 5.41) is 0.849. The van der Waals surface area contributed by atoms with Crippen LogP contribution in [-0.2, 0) is 9.53 Å². The molecule has 4 heteroatoms. The first kappa shape index (κ1) is 11.7. The molecule has 0 aliphatic carbocycles. The molecular formula is C10H13ClO2S. The largest absolute Gasteiger partial charge is 0.463 e. The number of ether oxygens (including phenoxy) is 1. The van der Waals surface area contributed by atoms with Crippen molar-refractivity contribution in [3.8, 4) is 0 Å². The van der Waals surface area contributed by atoms with Gasteiger partial charge in [-0.2, -0.15) is 0 Å². The van der Waals surface area contributed by atoms with Gasteiger partial charge in [-0.15, -0.1) is 11.8 Å². The van der Waals surface area contributed by atoms with Gasteiger partial charge in [0.1, 0.15) is 0 Å². The number of carbonyl (C=O) groups excluding carboxylic acids is 1. The Morgan fingerprint density at radius 1 is 1.71 bits per heavy atom. The first-order valence-corrected chi connectivity index (χ1v) is 5.96. The van der Waals surface area contributed by atoms with Gasteiger partial charge in [-0.25, -0.2) is 4.79 Å². The van der Waals surface area contributed by atoms with Crippen molar-refractivity contribution in [3.63, 3.8) is 0 Å². The lowest BCUT2D eigenvalue weighted by Crippen LogP contribution is -1.99. The van der Waals surface area contributed by atoms with Crippen LogP contribution >= 0.6 is 23.4 Å². The van der Waals surface area contributed by atoms with E-state index in [9.17, 15) is 4.79 Å². The minimum atomic E-state index is -0.310. The highest BCUT2D eigenvalue weighted by Crippen LogP contribution is 2.32. The number of carbonyl (C=O) groups is 1. The zero-order valence-corrected chi connectivity index (χ0v) is 9.66. The van der Waals surface area contributed by atoms with Gasteiger partial charge in [0, 0.05) is 16.0 Å². The Morgan fingerprint density at radius 3 is 3.14 bits per heavy atom. The summed E-state index contributed by atoms with van der Waals surface area (Å²) in [5.41, 5.74) is 0. The van der Waals surface area contributed by atoms with E-state index >= 15 is 0 Å². The smallest absolute Gasteiger partial charge is 0.330 e. The van der Waals surface area contributed by atoms with Crippen molar-refractivity contribution < 1.29 is 9.53 Å². The average molecular weight is 233 g/mol. The van der Waals surface area contributed by atoms with Gasteiger partial charge in [-0.05, 0) is 31.6 Å². The normalized spacial score (nSPS) is 17.6. The van der Waals surface area contributed by atoms with E-state index in [1.165, 1.54) is 6.08 Å². The van der Waals surface area contributed by atoms with Crippen LogP contribution in [0.3, 0.4) is 0 Å². The molecule has 0 saturated heterocycles. The summed E-state index contributed by atoms with van der Waals surface area (Å²) in [6.45, 7) is 2.19. The Balaban J connectivity index is 2.53. The van der Waals surface area contributed by atoms with Crippen LogP contribution < -0.4 is 0 Å². The van der Waals surface area contributed by atoms with Crippen molar-refractivity contribution in [2.45, 2.75) is 19.8 Å². The molecule has 0 radical (unpaired) electrons. The molecule has 14 heavy (non-hydrogen) atoms. The lowest BCUT2D eigenvalue weighted by molar-refractivity contribution is -0.137. The monoisotopic (exact) mass is 232 g/mol. The van der Waals surface area contributed by atoms with Crippen LogP contribution in [0, 0.1) is 0 Å². The SMILES string of the molecule is CCOC(=O)/C=C/C1=C(Cl)CCCS1. The summed E-state index contributed by atoms with van der Waals surface area (Å²) < 4.78 is 4.77. The molecule has 1 aliphatic rings. The van der Waals surface area contributed by atoms with Crippen molar-refractivity contribution >= 4 is 29.3 Å². The van der Waals surface area contributed by atoms with Crippen molar-refractivity contribution in [3.05, 3.63) is 22.1 Å². The van der Waals surface area contributed by atoms with Crippen molar-refractivity contribution in [2.24, 2.45) is 0 Å². The van der Waals surface area contributed by atoms with E-state index in [0.29, 0.717) is 6.61 Å². The van der Waals surface area contributed by atoms with Gasteiger partial charge in [-0.1, -0.05) is 11.6 Å². The summed E-state index contributed by atoms with van der Waals surface area (Å²) >= 11 is 7.68. The van der Waals surface area contributed by atoms with Crippen molar-refractivity contribution in [1.82, 2.24) is 0 Å². The topological polar surface area (TPSA) is 26.3 Å². The van der Waals surface area contributed by atoms with Gasteiger partial charge in [0.25, 0.3) is 0 Å². The zero-order chi connectivity index (χ0) is 10.4. The third-order valence-electron chi connectivity index (χ3n) is 1.72. The number of hydrogen-bond acceptors (Lipinski definition) is 3. The first-order valence-electron chi connectivity index (χ1n) is 4.60. The molecule has 78 valence electrons. The first-order chi connectivity index (χ1) is 6.74. The summed E-state index contributed by atoms with van der Waals surface area (Å²) in [6.07, 6.45) is 5.20. The highest BCUT2D eigenvalue weighted by Gasteiger charge is 2.09. The quantitative estimate of drug-likeness (QED) is 0.553. The lowest BCUT2D eigenvalue weighted by atomic mass is 10.3. The van der Waals surface area contributed by atoms with Crippen LogP contribution in [0.2, 0.25) is 0 Å². The van der Waals surface area contributed by atoms with E-state index in [-0.39, 0.29) is 5.97 Å². The van der Waals surface area contributed by atoms with E-state index in [1.807, 2.05) is 0 Å². The zero-order valence-electron chi connectivity index (χ0n) is 8.09. The summed E-state index contributed by atoms with van der Waals surface area (Å²) in [4.78, 5) is 12.0. The van der Waals surface area contributed by atoms with Crippen LogP contribution in [0.25, 0.3) is 0 Å². The lowest BCUT2D eigenvalue weighted by Gasteiger charge is -2.11. The maximum atomic E-state index is 11.0. The number of rotatable bonds is 3. The molecule has 0 fully saturated rings. The third-order valence-corrected chi connectivity index (χ3v) is 3.41. The Morgan fingerprint density at radius 2 is 2.50 bits per heavy atom. The van der Waals surface area contributed by atoms with Crippen molar-refractivity contribution in [1.29, 1.82) is 0 Å². The molecule has 0 N–H and O–H groups in total. The second-order valence-corrected chi connectivity index (χ2v) is 4.40. The fourth-order valence-electron chi connectivity index (χ4n) is 1.08. The van der Waals surface area contributed by atoms with E-state index in [4.69, 9.17) is 16.3 Å². The van der Waals surface area contributed by atoms with Gasteiger partial charge in [0.15, 0.2) is 0 Å². The molecule has 1 heterocycles. The fraction of sp³-hybridized carbons (Fsp3) is 0.500. The maximum absolute atomic E-state index is 11.0. The molecule has 0 aromatic heterocycles. The molecule has 0 bridgehead atoms. The number of thioether (sulfide) groups is 1. The van der Waals surface area contributed by atoms with Crippen LogP contribution in [0.4, 0.5) is 0 Å². The highest BCUT2D eigenvalue weighted by molar-refractivity contribution is 8.03. The van der Waals surface area contributed by atoms with Gasteiger partial charge in [-0.3, -0.25) is 0 Å². The molecule has 0 saturated carbocycles. The van der Waals surface area contributed by atoms with Crippen LogP contribution in [-0.4, -0.2) is 18.3 Å². The molecule has 0 aromatic rings. The van der Waals surface area contributed by atoms with Crippen LogP contribution in [0.5, 0.6) is 0 Å². The average Bonchev–Trinajstić information content (AvgIpc) is 2.17. The minimum Gasteiger partial charge on any atom is -0.463 e. The van der Waals surface area contributed by atoms with E-state index in [1.54, 1.807) is 24.8 Å². The third kappa shape index (κ3) is 3.76. The molecule has 1 rings (SSSR count). The highest BCUT2D eigenvalue weighted by atomic mass is 35.5. The number of hydrogen-bond donors (Lipinski definition) is 0. The molecule has 0 spiro atoms. The summed E-state index contributed by atoms with van der Waals surface area (Å²) in [7, 11) is 0. The molecular weight excluding hydrogens is 220 g/mol. The van der Waals surface area contributed by atoms with Gasteiger partial charge >= 0.3 is 5.97 Å². The number of allylic oxidation sites excluding steroid dienone is 2. The fourth-order valence-corrected chi connectivity index (χ4v) is 2.38. The van der Waals surface area contributed by atoms with Gasteiger partial charge < -0.3 is 4.74 Å². The minimum absolute atomic E-state index is 0.310. The number of esters is 1.